The number of amides is 1. The van der Waals surface area contributed by atoms with Gasteiger partial charge in [-0.05, 0) is 36.4 Å². The highest BCUT2D eigenvalue weighted by atomic mass is 19.1. The maximum Gasteiger partial charge on any atom is 0.262 e. The van der Waals surface area contributed by atoms with Gasteiger partial charge < -0.3 is 9.88 Å². The molecule has 1 amide bonds. The van der Waals surface area contributed by atoms with Gasteiger partial charge in [0.05, 0.1) is 11.9 Å². The van der Waals surface area contributed by atoms with Gasteiger partial charge in [-0.2, -0.15) is 5.10 Å². The van der Waals surface area contributed by atoms with Crippen LogP contribution in [0, 0.1) is 11.6 Å². The van der Waals surface area contributed by atoms with Crippen molar-refractivity contribution in [2.75, 3.05) is 5.32 Å². The number of carbonyl (C=O) groups excluding carboxylic acids is 1. The van der Waals surface area contributed by atoms with E-state index in [9.17, 15) is 13.6 Å². The fraction of sp³-hybridized carbons (Fsp3) is 0. The number of nitrogens with one attached hydrogen (secondary N) is 1. The van der Waals surface area contributed by atoms with Crippen LogP contribution in [0.1, 0.15) is 10.4 Å². The van der Waals surface area contributed by atoms with Crippen molar-refractivity contribution in [3.8, 4) is 11.5 Å². The Bertz CT molecular complexity index is 1070. The Balaban J connectivity index is 1.81. The van der Waals surface area contributed by atoms with E-state index in [1.165, 1.54) is 10.9 Å². The second-order valence-electron chi connectivity index (χ2n) is 5.68. The maximum atomic E-state index is 13.7. The van der Waals surface area contributed by atoms with Crippen LogP contribution in [0.25, 0.3) is 11.5 Å². The Morgan fingerprint density at radius 2 is 1.74 bits per heavy atom. The number of hydrogen-bond acceptors (Lipinski definition) is 3. The molecular weight excluding hydrogens is 352 g/mol. The summed E-state index contributed by atoms with van der Waals surface area (Å²) in [5.74, 6) is -1.19. The van der Waals surface area contributed by atoms with Gasteiger partial charge in [-0.25, -0.2) is 18.4 Å². The summed E-state index contributed by atoms with van der Waals surface area (Å²) in [5.41, 5.74) is 0.384. The van der Waals surface area contributed by atoms with Crippen LogP contribution in [0.3, 0.4) is 0 Å². The largest absolute Gasteiger partial charge is 0.308 e. The minimum absolute atomic E-state index is 0.160. The smallest absolute Gasteiger partial charge is 0.262 e. The molecule has 3 aromatic heterocycles. The quantitative estimate of drug-likeness (QED) is 0.601. The molecule has 0 radical (unpaired) electrons. The molecule has 0 spiro atoms. The molecule has 3 heterocycles. The van der Waals surface area contributed by atoms with Gasteiger partial charge in [0.15, 0.2) is 5.82 Å². The first-order valence-corrected chi connectivity index (χ1v) is 8.02. The third kappa shape index (κ3) is 3.32. The number of anilines is 1. The van der Waals surface area contributed by atoms with Gasteiger partial charge in [-0.15, -0.1) is 0 Å². The minimum atomic E-state index is -0.738. The Morgan fingerprint density at radius 1 is 1.00 bits per heavy atom. The summed E-state index contributed by atoms with van der Waals surface area (Å²) >= 11 is 0. The first-order chi connectivity index (χ1) is 13.1. The molecule has 0 fully saturated rings. The molecular formula is C19H13F2N5O. The van der Waals surface area contributed by atoms with E-state index in [0.29, 0.717) is 11.6 Å². The molecule has 0 unspecified atom stereocenters. The van der Waals surface area contributed by atoms with Crippen molar-refractivity contribution >= 4 is 11.7 Å². The molecule has 1 aromatic carbocycles. The van der Waals surface area contributed by atoms with E-state index >= 15 is 0 Å². The zero-order valence-corrected chi connectivity index (χ0v) is 13.9. The molecule has 6 nitrogen and oxygen atoms in total. The number of pyridine rings is 1. The van der Waals surface area contributed by atoms with Crippen molar-refractivity contribution in [2.45, 2.75) is 0 Å². The van der Waals surface area contributed by atoms with Gasteiger partial charge >= 0.3 is 0 Å². The first-order valence-electron chi connectivity index (χ1n) is 8.02. The van der Waals surface area contributed by atoms with E-state index in [1.807, 2.05) is 0 Å². The van der Waals surface area contributed by atoms with Crippen LogP contribution in [0.4, 0.5) is 14.6 Å². The lowest BCUT2D eigenvalue weighted by Crippen LogP contribution is -2.16. The number of hydrogen-bond donors (Lipinski definition) is 1. The van der Waals surface area contributed by atoms with Crippen molar-refractivity contribution in [1.29, 1.82) is 0 Å². The lowest BCUT2D eigenvalue weighted by Gasteiger charge is -2.11. The molecule has 4 aromatic rings. The predicted molar refractivity (Wildman–Crippen MR) is 95.0 cm³/mol. The molecule has 1 N–H and O–H groups in total. The summed E-state index contributed by atoms with van der Waals surface area (Å²) in [4.78, 5) is 16.8. The van der Waals surface area contributed by atoms with Crippen LogP contribution in [0.2, 0.25) is 0 Å². The van der Waals surface area contributed by atoms with Crippen molar-refractivity contribution in [2.24, 2.45) is 0 Å². The average Bonchev–Trinajstić information content (AvgIpc) is 3.31. The predicted octanol–water partition coefficient (Wildman–Crippen LogP) is 3.59. The number of carbonyl (C=O) groups is 1. The van der Waals surface area contributed by atoms with E-state index in [-0.39, 0.29) is 11.3 Å². The van der Waals surface area contributed by atoms with Crippen molar-refractivity contribution < 1.29 is 13.6 Å². The van der Waals surface area contributed by atoms with Crippen LogP contribution in [-0.4, -0.2) is 25.2 Å². The number of rotatable bonds is 4. The standard InChI is InChI=1S/C19H13F2N5O/c20-13-9-14(21)11-15(10-13)26-19(25-7-3-4-8-25)16(12-23-26)18(27)24-17-5-1-2-6-22-17/h1-12H,(H,22,24,27). The second kappa shape index (κ2) is 6.83. The zero-order valence-electron chi connectivity index (χ0n) is 13.9. The molecule has 0 saturated carbocycles. The molecule has 0 atom stereocenters. The molecule has 0 aliphatic heterocycles. The van der Waals surface area contributed by atoms with Gasteiger partial charge in [-0.3, -0.25) is 4.79 Å². The highest BCUT2D eigenvalue weighted by Gasteiger charge is 2.21. The third-order valence-electron chi connectivity index (χ3n) is 3.84. The lowest BCUT2D eigenvalue weighted by atomic mass is 10.2. The van der Waals surface area contributed by atoms with Crippen LogP contribution < -0.4 is 5.32 Å². The topological polar surface area (TPSA) is 64.7 Å². The number of halogens is 2. The normalized spacial score (nSPS) is 10.7. The Kier molecular flexibility index (Phi) is 4.21. The van der Waals surface area contributed by atoms with Crippen LogP contribution in [0.5, 0.6) is 0 Å². The monoisotopic (exact) mass is 365 g/mol. The summed E-state index contributed by atoms with van der Waals surface area (Å²) in [6.07, 6.45) is 6.32. The highest BCUT2D eigenvalue weighted by molar-refractivity contribution is 6.06. The number of nitrogens with zero attached hydrogens (tertiary/aromatic N) is 4. The second-order valence-corrected chi connectivity index (χ2v) is 5.68. The molecule has 0 saturated heterocycles. The fourth-order valence-electron chi connectivity index (χ4n) is 2.70. The SMILES string of the molecule is O=C(Nc1ccccn1)c1cnn(-c2cc(F)cc(F)c2)c1-n1cccc1. The molecule has 0 aliphatic carbocycles. The summed E-state index contributed by atoms with van der Waals surface area (Å²) in [5, 5.41) is 6.85. The Morgan fingerprint density at radius 3 is 2.41 bits per heavy atom. The summed E-state index contributed by atoms with van der Waals surface area (Å²) < 4.78 is 30.3. The summed E-state index contributed by atoms with van der Waals surface area (Å²) in [6.45, 7) is 0. The van der Waals surface area contributed by atoms with E-state index in [4.69, 9.17) is 0 Å². The van der Waals surface area contributed by atoms with Crippen LogP contribution >= 0.6 is 0 Å². The molecule has 0 bridgehead atoms. The van der Waals surface area contributed by atoms with Crippen LogP contribution in [-0.2, 0) is 0 Å². The molecule has 134 valence electrons. The molecule has 4 rings (SSSR count). The minimum Gasteiger partial charge on any atom is -0.308 e. The van der Waals surface area contributed by atoms with Crippen molar-refractivity contribution in [1.82, 2.24) is 19.3 Å². The maximum absolute atomic E-state index is 13.7. The van der Waals surface area contributed by atoms with E-state index in [1.54, 1.807) is 53.5 Å². The lowest BCUT2D eigenvalue weighted by molar-refractivity contribution is 0.102. The molecule has 0 aliphatic rings. The first kappa shape index (κ1) is 16.6. The highest BCUT2D eigenvalue weighted by Crippen LogP contribution is 2.22. The fourth-order valence-corrected chi connectivity index (χ4v) is 2.70. The molecule has 8 heteroatoms. The van der Waals surface area contributed by atoms with E-state index in [0.717, 1.165) is 18.2 Å². The molecule has 27 heavy (non-hydrogen) atoms. The van der Waals surface area contributed by atoms with Gasteiger partial charge in [0.25, 0.3) is 5.91 Å². The summed E-state index contributed by atoms with van der Waals surface area (Å²) in [7, 11) is 0. The number of aromatic nitrogens is 4. The van der Waals surface area contributed by atoms with E-state index < -0.39 is 17.5 Å². The van der Waals surface area contributed by atoms with E-state index in [2.05, 4.69) is 15.4 Å². The van der Waals surface area contributed by atoms with Crippen molar-refractivity contribution in [3.63, 3.8) is 0 Å². The Labute approximate surface area is 152 Å². The number of benzene rings is 1. The van der Waals surface area contributed by atoms with Gasteiger partial charge in [0, 0.05) is 24.7 Å². The van der Waals surface area contributed by atoms with Crippen LogP contribution in [0.15, 0.2) is 73.3 Å². The van der Waals surface area contributed by atoms with Crippen molar-refractivity contribution in [3.05, 3.63) is 90.5 Å². The van der Waals surface area contributed by atoms with Gasteiger partial charge in [-0.1, -0.05) is 6.07 Å². The van der Waals surface area contributed by atoms with Gasteiger partial charge in [0.2, 0.25) is 0 Å². The van der Waals surface area contributed by atoms with Gasteiger partial charge in [0.1, 0.15) is 23.0 Å². The third-order valence-corrected chi connectivity index (χ3v) is 3.84. The zero-order chi connectivity index (χ0) is 18.8. The average molecular weight is 365 g/mol. The summed E-state index contributed by atoms with van der Waals surface area (Å²) in [6, 6.07) is 11.7. The Hall–Kier alpha value is -3.81.